The third kappa shape index (κ3) is 18.4. The van der Waals surface area contributed by atoms with Crippen molar-refractivity contribution >= 4 is 5.95 Å². The van der Waals surface area contributed by atoms with Gasteiger partial charge in [0.2, 0.25) is 5.95 Å². The molecule has 0 spiro atoms. The molecule has 0 amide bonds. The summed E-state index contributed by atoms with van der Waals surface area (Å²) >= 11 is 0. The zero-order valence-electron chi connectivity index (χ0n) is 44.2. The van der Waals surface area contributed by atoms with E-state index in [0.29, 0.717) is 31.5 Å². The maximum Gasteiger partial charge on any atom is 0.230 e. The van der Waals surface area contributed by atoms with Crippen LogP contribution in [0.25, 0.3) is 0 Å². The molecular formula is C52H97N11. The molecule has 0 bridgehead atoms. The normalized spacial score (nSPS) is 19.4. The minimum atomic E-state index is -0.101. The van der Waals surface area contributed by atoms with E-state index in [-0.39, 0.29) is 40.3 Å². The lowest BCUT2D eigenvalue weighted by Crippen LogP contribution is -2.63. The summed E-state index contributed by atoms with van der Waals surface area (Å²) in [5.41, 5.74) is 4.92. The first-order chi connectivity index (χ1) is 29.1. The van der Waals surface area contributed by atoms with Crippen LogP contribution in [0, 0.1) is 13.8 Å². The summed E-state index contributed by atoms with van der Waals surface area (Å²) in [7, 11) is 0. The van der Waals surface area contributed by atoms with Crippen LogP contribution in [-0.2, 0) is 0 Å². The zero-order chi connectivity index (χ0) is 47.5. The third-order valence-electron chi connectivity index (χ3n) is 12.1. The molecule has 2 heterocycles. The summed E-state index contributed by atoms with van der Waals surface area (Å²) in [6.45, 7) is 47.9. The quantitative estimate of drug-likeness (QED) is 0.0479. The molecule has 5 N–H and O–H groups in total. The number of aryl methyl sites for hydroxylation is 2. The molecular weight excluding hydrogens is 779 g/mol. The van der Waals surface area contributed by atoms with Crippen LogP contribution in [0.1, 0.15) is 188 Å². The Hall–Kier alpha value is -2.99. The summed E-state index contributed by atoms with van der Waals surface area (Å²) in [6.07, 6.45) is 17.8. The van der Waals surface area contributed by atoms with E-state index in [0.717, 1.165) is 75.5 Å². The summed E-state index contributed by atoms with van der Waals surface area (Å²) in [6, 6.07) is 1.62. The highest BCUT2D eigenvalue weighted by Crippen LogP contribution is 2.37. The fourth-order valence-electron chi connectivity index (χ4n) is 10.8. The Morgan fingerprint density at radius 2 is 1.38 bits per heavy atom. The van der Waals surface area contributed by atoms with Gasteiger partial charge in [0.15, 0.2) is 0 Å². The number of nitrogens with one attached hydrogen (secondary N) is 5. The minimum Gasteiger partial charge on any atom is -0.373 e. The molecule has 3 rings (SSSR count). The van der Waals surface area contributed by atoms with E-state index in [4.69, 9.17) is 9.97 Å². The first kappa shape index (κ1) is 54.3. The smallest absolute Gasteiger partial charge is 0.230 e. The first-order valence-electron chi connectivity index (χ1n) is 24.7. The maximum absolute atomic E-state index is 5.07. The van der Waals surface area contributed by atoms with Crippen molar-refractivity contribution in [1.29, 1.82) is 0 Å². The standard InChI is InChI=1S/C52H97N11/c1-21-23-25-61(39(9)30-49(13,14)58-37(5)6)45-27-44(54-34-53-43(24-22-2)26-36(3)4)28-46(29-45)63(47-32-51(17,18)60-52(19,20)33-47)35-62(48-56-41(11)55-42(12)57-48)40(10)31-50(15,16)59-38(7)8/h24,26,28-29,37-40,44,47,53-54,58-60H,21-23,25,27,30-35H2,1-20H3/b43-24+. The van der Waals surface area contributed by atoms with E-state index in [9.17, 15) is 0 Å². The number of hydrogen-bond donors (Lipinski definition) is 5. The topological polar surface area (TPSA) is 109 Å². The molecule has 11 heteroatoms. The Labute approximate surface area is 387 Å². The molecule has 2 aliphatic rings. The molecule has 0 aromatic carbocycles. The third-order valence-corrected chi connectivity index (χ3v) is 12.1. The van der Waals surface area contributed by atoms with Gasteiger partial charge in [0, 0.05) is 88.5 Å². The maximum atomic E-state index is 5.07. The van der Waals surface area contributed by atoms with Gasteiger partial charge in [-0.3, -0.25) is 5.32 Å². The molecule has 1 aliphatic carbocycles. The molecule has 3 atom stereocenters. The van der Waals surface area contributed by atoms with Crippen molar-refractivity contribution in [3.8, 4) is 0 Å². The van der Waals surface area contributed by atoms with E-state index < -0.39 is 0 Å². The predicted molar refractivity (Wildman–Crippen MR) is 271 cm³/mol. The van der Waals surface area contributed by atoms with Crippen LogP contribution in [0.3, 0.4) is 0 Å². The van der Waals surface area contributed by atoms with Crippen LogP contribution < -0.4 is 31.5 Å². The van der Waals surface area contributed by atoms with Gasteiger partial charge in [-0.15, -0.1) is 0 Å². The predicted octanol–water partition coefficient (Wildman–Crippen LogP) is 10.0. The van der Waals surface area contributed by atoms with E-state index in [1.54, 1.807) is 0 Å². The summed E-state index contributed by atoms with van der Waals surface area (Å²) in [4.78, 5) is 22.7. The Bertz CT molecular complexity index is 1660. The molecule has 1 aliphatic heterocycles. The number of anilines is 1. The van der Waals surface area contributed by atoms with Crippen LogP contribution >= 0.6 is 0 Å². The summed E-state index contributed by atoms with van der Waals surface area (Å²) < 4.78 is 0. The van der Waals surface area contributed by atoms with Gasteiger partial charge in [-0.1, -0.05) is 59.6 Å². The SMILES string of the molecule is CC/C=C(\C=C(C)C)NCNC1C=C(N(CN(c2nc(C)nc(C)n2)C(C)CC(C)(C)NC(C)C)C2CC(C)(C)NC(C)(C)C2)C=C(N(CCCC)C(C)CC(C)(C)NC(C)C)C1. The highest BCUT2D eigenvalue weighted by Gasteiger charge is 2.42. The van der Waals surface area contributed by atoms with Crippen molar-refractivity contribution in [2.45, 2.75) is 248 Å². The fraction of sp³-hybridized carbons (Fsp3) is 0.788. The second-order valence-corrected chi connectivity index (χ2v) is 22.7. The first-order valence-corrected chi connectivity index (χ1v) is 24.7. The van der Waals surface area contributed by atoms with Gasteiger partial charge >= 0.3 is 0 Å². The van der Waals surface area contributed by atoms with Crippen molar-refractivity contribution in [2.24, 2.45) is 0 Å². The average molecular weight is 876 g/mol. The lowest BCUT2D eigenvalue weighted by atomic mass is 9.78. The lowest BCUT2D eigenvalue weighted by Gasteiger charge is -2.52. The van der Waals surface area contributed by atoms with Gasteiger partial charge < -0.3 is 36.0 Å². The molecule has 11 nitrogen and oxygen atoms in total. The van der Waals surface area contributed by atoms with Crippen LogP contribution in [0.15, 0.2) is 47.0 Å². The number of piperidine rings is 1. The van der Waals surface area contributed by atoms with E-state index in [1.807, 2.05) is 13.8 Å². The largest absolute Gasteiger partial charge is 0.373 e. The van der Waals surface area contributed by atoms with Gasteiger partial charge in [0.05, 0.1) is 13.3 Å². The van der Waals surface area contributed by atoms with Gasteiger partial charge in [0.25, 0.3) is 0 Å². The molecule has 360 valence electrons. The number of aromatic nitrogens is 3. The van der Waals surface area contributed by atoms with E-state index in [2.05, 4.69) is 195 Å². The van der Waals surface area contributed by atoms with Crippen molar-refractivity contribution in [1.82, 2.24) is 51.3 Å². The Kier molecular flexibility index (Phi) is 20.2. The number of unbranched alkanes of at least 4 members (excludes halogenated alkanes) is 1. The second-order valence-electron chi connectivity index (χ2n) is 22.7. The fourth-order valence-corrected chi connectivity index (χ4v) is 10.8. The molecule has 0 saturated carbocycles. The number of nitrogens with zero attached hydrogens (tertiary/aromatic N) is 6. The Morgan fingerprint density at radius 3 is 1.87 bits per heavy atom. The van der Waals surface area contributed by atoms with Crippen molar-refractivity contribution < 1.29 is 0 Å². The van der Waals surface area contributed by atoms with Crippen molar-refractivity contribution in [3.63, 3.8) is 0 Å². The minimum absolute atomic E-state index is 0.00556. The number of allylic oxidation sites excluding steroid dienone is 4. The molecule has 63 heavy (non-hydrogen) atoms. The van der Waals surface area contributed by atoms with E-state index >= 15 is 0 Å². The Morgan fingerprint density at radius 1 is 0.841 bits per heavy atom. The van der Waals surface area contributed by atoms with Gasteiger partial charge in [-0.2, -0.15) is 9.97 Å². The Balaban J connectivity index is 2.31. The van der Waals surface area contributed by atoms with E-state index in [1.165, 1.54) is 22.7 Å². The molecule has 0 radical (unpaired) electrons. The number of rotatable bonds is 25. The number of hydrogen-bond acceptors (Lipinski definition) is 11. The zero-order valence-corrected chi connectivity index (χ0v) is 44.2. The molecule has 1 aromatic rings. The van der Waals surface area contributed by atoms with Gasteiger partial charge in [0.1, 0.15) is 11.6 Å². The van der Waals surface area contributed by atoms with Crippen molar-refractivity contribution in [3.05, 3.63) is 58.6 Å². The van der Waals surface area contributed by atoms with Crippen molar-refractivity contribution in [2.75, 3.05) is 24.8 Å². The molecule has 3 unspecified atom stereocenters. The highest BCUT2D eigenvalue weighted by molar-refractivity contribution is 5.36. The summed E-state index contributed by atoms with van der Waals surface area (Å²) in [5.74, 6) is 2.25. The van der Waals surface area contributed by atoms with Gasteiger partial charge in [-0.05, 0) is 154 Å². The summed E-state index contributed by atoms with van der Waals surface area (Å²) in [5, 5.41) is 19.5. The average Bonchev–Trinajstić information content (AvgIpc) is 3.08. The van der Waals surface area contributed by atoms with Gasteiger partial charge in [-0.25, -0.2) is 4.98 Å². The second kappa shape index (κ2) is 23.5. The van der Waals surface area contributed by atoms with Crippen LogP contribution in [-0.4, -0.2) is 103 Å². The van der Waals surface area contributed by atoms with Crippen LogP contribution in [0.5, 0.6) is 0 Å². The monoisotopic (exact) mass is 876 g/mol. The lowest BCUT2D eigenvalue weighted by molar-refractivity contribution is 0.0849. The van der Waals surface area contributed by atoms with Crippen LogP contribution in [0.4, 0.5) is 5.95 Å². The highest BCUT2D eigenvalue weighted by atomic mass is 15.4. The van der Waals surface area contributed by atoms with Crippen LogP contribution in [0.2, 0.25) is 0 Å². The molecule has 1 fully saturated rings. The molecule has 1 aromatic heterocycles. The molecule has 1 saturated heterocycles.